The predicted octanol–water partition coefficient (Wildman–Crippen LogP) is 3.99. The highest BCUT2D eigenvalue weighted by atomic mass is 79.9. The van der Waals surface area contributed by atoms with E-state index in [0.29, 0.717) is 0 Å². The summed E-state index contributed by atoms with van der Waals surface area (Å²) >= 11 is 3.76. The molecule has 1 saturated heterocycles. The predicted molar refractivity (Wildman–Crippen MR) is 83.3 cm³/mol. The standard InChI is InChI=1S/C15H26BrN3/c1-4-12-9-7-8-10-18(12)11-14-15(16)13(5-2)17-19(14)6-3/h12H,4-11H2,1-3H3. The van der Waals surface area contributed by atoms with Gasteiger partial charge in [0.2, 0.25) is 0 Å². The van der Waals surface area contributed by atoms with Gasteiger partial charge < -0.3 is 0 Å². The molecule has 2 rings (SSSR count). The first-order chi connectivity index (χ1) is 9.21. The van der Waals surface area contributed by atoms with Crippen LogP contribution >= 0.6 is 15.9 Å². The Bertz CT molecular complexity index is 414. The van der Waals surface area contributed by atoms with Crippen LogP contribution in [0.2, 0.25) is 0 Å². The molecule has 3 nitrogen and oxygen atoms in total. The molecule has 1 aromatic heterocycles. The lowest BCUT2D eigenvalue weighted by atomic mass is 10.00. The number of rotatable bonds is 5. The number of piperidine rings is 1. The fourth-order valence-corrected chi connectivity index (χ4v) is 3.78. The molecule has 0 aromatic carbocycles. The van der Waals surface area contributed by atoms with Crippen molar-refractivity contribution >= 4 is 15.9 Å². The first-order valence-corrected chi connectivity index (χ1v) is 8.48. The Kier molecular flexibility index (Phi) is 5.46. The van der Waals surface area contributed by atoms with Crippen LogP contribution in [-0.4, -0.2) is 27.3 Å². The second-order valence-corrected chi connectivity index (χ2v) is 6.20. The maximum absolute atomic E-state index is 4.71. The van der Waals surface area contributed by atoms with E-state index in [1.807, 2.05) is 0 Å². The molecule has 2 heterocycles. The molecule has 1 unspecified atom stereocenters. The van der Waals surface area contributed by atoms with Crippen LogP contribution < -0.4 is 0 Å². The van der Waals surface area contributed by atoms with Crippen LogP contribution in [0.4, 0.5) is 0 Å². The lowest BCUT2D eigenvalue weighted by molar-refractivity contribution is 0.132. The summed E-state index contributed by atoms with van der Waals surface area (Å²) in [6, 6.07) is 0.755. The minimum absolute atomic E-state index is 0.755. The highest BCUT2D eigenvalue weighted by molar-refractivity contribution is 9.10. The molecule has 19 heavy (non-hydrogen) atoms. The summed E-state index contributed by atoms with van der Waals surface area (Å²) in [5.74, 6) is 0. The van der Waals surface area contributed by atoms with Crippen molar-refractivity contribution in [2.75, 3.05) is 6.54 Å². The SMILES string of the molecule is CCc1nn(CC)c(CN2CCCCC2CC)c1Br. The van der Waals surface area contributed by atoms with Crippen LogP contribution in [0.25, 0.3) is 0 Å². The number of aromatic nitrogens is 2. The van der Waals surface area contributed by atoms with Gasteiger partial charge in [-0.1, -0.05) is 20.3 Å². The van der Waals surface area contributed by atoms with E-state index in [1.165, 1.54) is 48.1 Å². The average Bonchev–Trinajstić information content (AvgIpc) is 2.76. The topological polar surface area (TPSA) is 21.1 Å². The lowest BCUT2D eigenvalue weighted by Gasteiger charge is -2.35. The van der Waals surface area contributed by atoms with Crippen LogP contribution in [0, 0.1) is 0 Å². The van der Waals surface area contributed by atoms with E-state index in [0.717, 1.165) is 25.6 Å². The third-order valence-electron chi connectivity index (χ3n) is 4.27. The van der Waals surface area contributed by atoms with Crippen molar-refractivity contribution in [1.82, 2.24) is 14.7 Å². The number of likely N-dealkylation sites (tertiary alicyclic amines) is 1. The first-order valence-electron chi connectivity index (χ1n) is 7.69. The van der Waals surface area contributed by atoms with Gasteiger partial charge in [-0.2, -0.15) is 5.10 Å². The number of hydrogen-bond acceptors (Lipinski definition) is 2. The Morgan fingerprint density at radius 3 is 2.68 bits per heavy atom. The first kappa shape index (κ1) is 15.0. The van der Waals surface area contributed by atoms with Gasteiger partial charge in [0.05, 0.1) is 15.9 Å². The summed E-state index contributed by atoms with van der Waals surface area (Å²) < 4.78 is 3.40. The molecule has 108 valence electrons. The molecule has 0 N–H and O–H groups in total. The van der Waals surface area contributed by atoms with Crippen LogP contribution in [0.3, 0.4) is 0 Å². The number of nitrogens with zero attached hydrogens (tertiary/aromatic N) is 3. The van der Waals surface area contributed by atoms with Gasteiger partial charge in [0.1, 0.15) is 0 Å². The summed E-state index contributed by atoms with van der Waals surface area (Å²) in [5.41, 5.74) is 2.56. The monoisotopic (exact) mass is 327 g/mol. The van der Waals surface area contributed by atoms with E-state index in [2.05, 4.69) is 46.3 Å². The van der Waals surface area contributed by atoms with Gasteiger partial charge in [0, 0.05) is 19.1 Å². The normalized spacial score (nSPS) is 20.9. The summed E-state index contributed by atoms with van der Waals surface area (Å²) in [4.78, 5) is 2.65. The molecular weight excluding hydrogens is 302 g/mol. The largest absolute Gasteiger partial charge is 0.295 e. The molecule has 0 aliphatic carbocycles. The minimum Gasteiger partial charge on any atom is -0.295 e. The van der Waals surface area contributed by atoms with Gasteiger partial charge in [-0.05, 0) is 55.1 Å². The van der Waals surface area contributed by atoms with E-state index in [9.17, 15) is 0 Å². The van der Waals surface area contributed by atoms with Crippen LogP contribution in [0.5, 0.6) is 0 Å². The molecule has 4 heteroatoms. The highest BCUT2D eigenvalue weighted by Crippen LogP contribution is 2.27. The lowest BCUT2D eigenvalue weighted by Crippen LogP contribution is -2.39. The molecule has 1 aliphatic heterocycles. The summed E-state index contributed by atoms with van der Waals surface area (Å²) in [6.07, 6.45) is 6.35. The fourth-order valence-electron chi connectivity index (χ4n) is 3.09. The van der Waals surface area contributed by atoms with Gasteiger partial charge in [0.25, 0.3) is 0 Å². The smallest absolute Gasteiger partial charge is 0.0767 e. The van der Waals surface area contributed by atoms with Gasteiger partial charge in [-0.3, -0.25) is 9.58 Å². The second-order valence-electron chi connectivity index (χ2n) is 5.41. The molecule has 0 spiro atoms. The Balaban J connectivity index is 2.19. The van der Waals surface area contributed by atoms with Crippen molar-refractivity contribution in [3.05, 3.63) is 15.9 Å². The summed E-state index contributed by atoms with van der Waals surface area (Å²) in [6.45, 7) is 9.90. The van der Waals surface area contributed by atoms with Crippen LogP contribution in [-0.2, 0) is 19.5 Å². The number of halogens is 1. The van der Waals surface area contributed by atoms with Crippen LogP contribution in [0.15, 0.2) is 4.47 Å². The molecule has 1 fully saturated rings. The molecule has 1 aromatic rings. The zero-order valence-corrected chi connectivity index (χ0v) is 14.0. The van der Waals surface area contributed by atoms with E-state index < -0.39 is 0 Å². The van der Waals surface area contributed by atoms with E-state index >= 15 is 0 Å². The molecular formula is C15H26BrN3. The van der Waals surface area contributed by atoms with E-state index in [4.69, 9.17) is 5.10 Å². The van der Waals surface area contributed by atoms with Crippen LogP contribution in [0.1, 0.15) is 57.8 Å². The molecule has 0 radical (unpaired) electrons. The van der Waals surface area contributed by atoms with Gasteiger partial charge in [0.15, 0.2) is 0 Å². The third kappa shape index (κ3) is 3.22. The Morgan fingerprint density at radius 1 is 1.26 bits per heavy atom. The van der Waals surface area contributed by atoms with Crippen molar-refractivity contribution in [2.45, 2.75) is 72.0 Å². The molecule has 0 saturated carbocycles. The zero-order chi connectivity index (χ0) is 13.8. The molecule has 0 bridgehead atoms. The average molecular weight is 328 g/mol. The number of aryl methyl sites for hydroxylation is 2. The quantitative estimate of drug-likeness (QED) is 0.815. The second kappa shape index (κ2) is 6.89. The third-order valence-corrected chi connectivity index (χ3v) is 5.18. The summed E-state index contributed by atoms with van der Waals surface area (Å²) in [7, 11) is 0. The Morgan fingerprint density at radius 2 is 2.05 bits per heavy atom. The fraction of sp³-hybridized carbons (Fsp3) is 0.800. The van der Waals surface area contributed by atoms with Crippen molar-refractivity contribution in [2.24, 2.45) is 0 Å². The Hall–Kier alpha value is -0.350. The summed E-state index contributed by atoms with van der Waals surface area (Å²) in [5, 5.41) is 4.71. The molecule has 0 amide bonds. The van der Waals surface area contributed by atoms with Gasteiger partial charge >= 0.3 is 0 Å². The van der Waals surface area contributed by atoms with E-state index in [1.54, 1.807) is 0 Å². The minimum atomic E-state index is 0.755. The number of hydrogen-bond donors (Lipinski definition) is 0. The van der Waals surface area contributed by atoms with Gasteiger partial charge in [-0.15, -0.1) is 0 Å². The highest BCUT2D eigenvalue weighted by Gasteiger charge is 2.24. The molecule has 1 atom stereocenters. The zero-order valence-electron chi connectivity index (χ0n) is 12.5. The Labute approximate surface area is 125 Å². The van der Waals surface area contributed by atoms with Crippen molar-refractivity contribution in [1.29, 1.82) is 0 Å². The van der Waals surface area contributed by atoms with Crippen molar-refractivity contribution in [3.63, 3.8) is 0 Å². The molecule has 1 aliphatic rings. The maximum atomic E-state index is 4.71. The van der Waals surface area contributed by atoms with E-state index in [-0.39, 0.29) is 0 Å². The van der Waals surface area contributed by atoms with Crippen molar-refractivity contribution in [3.8, 4) is 0 Å². The van der Waals surface area contributed by atoms with Gasteiger partial charge in [-0.25, -0.2) is 0 Å². The maximum Gasteiger partial charge on any atom is 0.0767 e. The van der Waals surface area contributed by atoms with Crippen molar-refractivity contribution < 1.29 is 0 Å².